The summed E-state index contributed by atoms with van der Waals surface area (Å²) in [6, 6.07) is 75.2. The van der Waals surface area contributed by atoms with E-state index in [0.717, 1.165) is 55.1 Å². The first-order valence-electron chi connectivity index (χ1n) is 20.3. The second-order valence-electron chi connectivity index (χ2n) is 15.5. The van der Waals surface area contributed by atoms with Crippen LogP contribution in [0.5, 0.6) is 0 Å². The Morgan fingerprint density at radius 2 is 0.833 bits per heavy atom. The molecule has 0 bridgehead atoms. The maximum Gasteiger partial charge on any atom is 0.164 e. The van der Waals surface area contributed by atoms with Crippen molar-refractivity contribution in [1.82, 2.24) is 15.0 Å². The SMILES string of the molecule is c1ccc(-c2nc(-c3cccc(-c4ccc5c(c4)oc4cc(C6(c7ccccc7)c7ccccc7-c7ccccc76)ccc45)c3)nc(-c3ccc4ccccc4c3)n2)cc1. The molecule has 0 atom stereocenters. The standard InChI is InChI=1S/C56H35N3O/c1-3-15-37(16-4-1)53-57-54(59-55(58-53)42-27-26-36-14-7-8-17-38(36)32-42)41-19-13-18-39(33-41)40-28-30-47-48-31-29-44(35-52(48)60-51(47)34-40)56(43-20-5-2-6-21-43)49-24-11-9-22-45(49)46-23-10-12-25-50(46)56/h1-35H. The van der Waals surface area contributed by atoms with Gasteiger partial charge in [-0.05, 0) is 85.6 Å². The monoisotopic (exact) mass is 765 g/mol. The minimum atomic E-state index is -0.489. The number of fused-ring (bicyclic) bond motifs is 7. The molecule has 0 saturated heterocycles. The number of nitrogens with zero attached hydrogens (tertiary/aromatic N) is 3. The summed E-state index contributed by atoms with van der Waals surface area (Å²) >= 11 is 0. The predicted molar refractivity (Wildman–Crippen MR) is 244 cm³/mol. The average Bonchev–Trinajstić information content (AvgIpc) is 3.85. The van der Waals surface area contributed by atoms with Gasteiger partial charge in [-0.25, -0.2) is 15.0 Å². The maximum atomic E-state index is 6.81. The van der Waals surface area contributed by atoms with Crippen LogP contribution >= 0.6 is 0 Å². The second-order valence-corrected chi connectivity index (χ2v) is 15.5. The van der Waals surface area contributed by atoms with Crippen LogP contribution in [0, 0.1) is 0 Å². The zero-order valence-electron chi connectivity index (χ0n) is 32.5. The minimum Gasteiger partial charge on any atom is -0.456 e. The molecule has 1 aliphatic rings. The van der Waals surface area contributed by atoms with Crippen molar-refractivity contribution < 1.29 is 4.42 Å². The van der Waals surface area contributed by atoms with Crippen molar-refractivity contribution in [2.24, 2.45) is 0 Å². The van der Waals surface area contributed by atoms with Crippen LogP contribution in [0.2, 0.25) is 0 Å². The summed E-state index contributed by atoms with van der Waals surface area (Å²) in [4.78, 5) is 15.1. The first-order valence-corrected chi connectivity index (χ1v) is 20.3. The molecule has 0 spiro atoms. The van der Waals surface area contributed by atoms with Gasteiger partial charge < -0.3 is 4.42 Å². The van der Waals surface area contributed by atoms with Crippen LogP contribution in [0.15, 0.2) is 217 Å². The van der Waals surface area contributed by atoms with Crippen LogP contribution in [0.3, 0.4) is 0 Å². The minimum absolute atomic E-state index is 0.489. The van der Waals surface area contributed by atoms with Gasteiger partial charge in [-0.3, -0.25) is 0 Å². The maximum absolute atomic E-state index is 6.81. The highest BCUT2D eigenvalue weighted by Gasteiger charge is 2.46. The summed E-state index contributed by atoms with van der Waals surface area (Å²) < 4.78 is 6.81. The number of benzene rings is 9. The Morgan fingerprint density at radius 3 is 1.57 bits per heavy atom. The molecule has 1 aliphatic carbocycles. The Labute approximate surface area is 347 Å². The highest BCUT2D eigenvalue weighted by Crippen LogP contribution is 2.56. The molecular weight excluding hydrogens is 731 g/mol. The predicted octanol–water partition coefficient (Wildman–Crippen LogP) is 14.0. The van der Waals surface area contributed by atoms with E-state index in [4.69, 9.17) is 19.4 Å². The largest absolute Gasteiger partial charge is 0.456 e. The van der Waals surface area contributed by atoms with Crippen molar-refractivity contribution in [3.63, 3.8) is 0 Å². The van der Waals surface area contributed by atoms with Gasteiger partial charge in [-0.15, -0.1) is 0 Å². The molecule has 0 N–H and O–H groups in total. The summed E-state index contributed by atoms with van der Waals surface area (Å²) in [5.74, 6) is 1.89. The molecule has 2 aromatic heterocycles. The third-order valence-corrected chi connectivity index (χ3v) is 12.2. The second kappa shape index (κ2) is 13.6. The van der Waals surface area contributed by atoms with E-state index in [-0.39, 0.29) is 0 Å². The Bertz CT molecular complexity index is 3400. The highest BCUT2D eigenvalue weighted by molar-refractivity contribution is 6.06. The van der Waals surface area contributed by atoms with Gasteiger partial charge in [0.15, 0.2) is 17.5 Å². The third kappa shape index (κ3) is 5.35. The molecule has 0 saturated carbocycles. The number of hydrogen-bond donors (Lipinski definition) is 0. The Morgan fingerprint density at radius 1 is 0.317 bits per heavy atom. The van der Waals surface area contributed by atoms with Gasteiger partial charge in [0.1, 0.15) is 11.2 Å². The molecule has 4 heteroatoms. The summed E-state index contributed by atoms with van der Waals surface area (Å²) in [6.45, 7) is 0. The van der Waals surface area contributed by atoms with E-state index in [1.54, 1.807) is 0 Å². The smallest absolute Gasteiger partial charge is 0.164 e. The molecular formula is C56H35N3O. The quantitative estimate of drug-likeness (QED) is 0.169. The van der Waals surface area contributed by atoms with Crippen molar-refractivity contribution in [2.75, 3.05) is 0 Å². The fraction of sp³-hybridized carbons (Fsp3) is 0.0179. The zero-order chi connectivity index (χ0) is 39.6. The number of furan rings is 1. The lowest BCUT2D eigenvalue weighted by atomic mass is 9.67. The first kappa shape index (κ1) is 34.1. The van der Waals surface area contributed by atoms with Crippen LogP contribution in [0.1, 0.15) is 22.3 Å². The first-order chi connectivity index (χ1) is 29.7. The average molecular weight is 766 g/mol. The lowest BCUT2D eigenvalue weighted by Crippen LogP contribution is -2.28. The van der Waals surface area contributed by atoms with Crippen LogP contribution < -0.4 is 0 Å². The van der Waals surface area contributed by atoms with Gasteiger partial charge >= 0.3 is 0 Å². The van der Waals surface area contributed by atoms with Crippen molar-refractivity contribution in [2.45, 2.75) is 5.41 Å². The Kier molecular flexibility index (Phi) is 7.72. The summed E-state index contributed by atoms with van der Waals surface area (Å²) in [7, 11) is 0. The van der Waals surface area contributed by atoms with Gasteiger partial charge in [0.25, 0.3) is 0 Å². The van der Waals surface area contributed by atoms with Crippen molar-refractivity contribution in [3.05, 3.63) is 235 Å². The molecule has 0 amide bonds. The van der Waals surface area contributed by atoms with Crippen LogP contribution in [0.4, 0.5) is 0 Å². The molecule has 4 nitrogen and oxygen atoms in total. The lowest BCUT2D eigenvalue weighted by molar-refractivity contribution is 0.666. The van der Waals surface area contributed by atoms with Crippen LogP contribution in [-0.4, -0.2) is 15.0 Å². The van der Waals surface area contributed by atoms with Gasteiger partial charge in [-0.1, -0.05) is 182 Å². The van der Waals surface area contributed by atoms with E-state index in [0.29, 0.717) is 17.5 Å². The van der Waals surface area contributed by atoms with Gasteiger partial charge in [0, 0.05) is 27.5 Å². The number of aromatic nitrogens is 3. The van der Waals surface area contributed by atoms with Gasteiger partial charge in [0.05, 0.1) is 5.41 Å². The van der Waals surface area contributed by atoms with Gasteiger partial charge in [-0.2, -0.15) is 0 Å². The van der Waals surface area contributed by atoms with E-state index in [1.807, 2.05) is 30.3 Å². The normalized spacial score (nSPS) is 12.8. The molecule has 9 aromatic carbocycles. The van der Waals surface area contributed by atoms with E-state index in [2.05, 4.69) is 182 Å². The van der Waals surface area contributed by atoms with Crippen LogP contribution in [0.25, 0.3) is 89.1 Å². The lowest BCUT2D eigenvalue weighted by Gasteiger charge is -2.33. The zero-order valence-corrected chi connectivity index (χ0v) is 32.5. The fourth-order valence-corrected chi connectivity index (χ4v) is 9.42. The number of hydrogen-bond acceptors (Lipinski definition) is 4. The summed E-state index contributed by atoms with van der Waals surface area (Å²) in [5, 5.41) is 4.50. The molecule has 11 aromatic rings. The fourth-order valence-electron chi connectivity index (χ4n) is 9.42. The third-order valence-electron chi connectivity index (χ3n) is 12.2. The molecule has 60 heavy (non-hydrogen) atoms. The molecule has 0 fully saturated rings. The molecule has 2 heterocycles. The van der Waals surface area contributed by atoms with Crippen molar-refractivity contribution in [1.29, 1.82) is 0 Å². The molecule has 12 rings (SSSR count). The van der Waals surface area contributed by atoms with Crippen molar-refractivity contribution in [3.8, 4) is 56.4 Å². The molecule has 0 aliphatic heterocycles. The Hall–Kier alpha value is -7.95. The van der Waals surface area contributed by atoms with E-state index >= 15 is 0 Å². The number of rotatable bonds is 6. The van der Waals surface area contributed by atoms with E-state index in [9.17, 15) is 0 Å². The van der Waals surface area contributed by atoms with Crippen LogP contribution in [-0.2, 0) is 5.41 Å². The topological polar surface area (TPSA) is 51.8 Å². The van der Waals surface area contributed by atoms with Crippen molar-refractivity contribution >= 4 is 32.7 Å². The molecule has 0 radical (unpaired) electrons. The van der Waals surface area contributed by atoms with E-state index < -0.39 is 5.41 Å². The Balaban J connectivity index is 0.964. The molecule has 280 valence electrons. The van der Waals surface area contributed by atoms with E-state index in [1.165, 1.54) is 38.8 Å². The summed E-state index contributed by atoms with van der Waals surface area (Å²) in [6.07, 6.45) is 0. The highest BCUT2D eigenvalue weighted by atomic mass is 16.3. The molecule has 0 unspecified atom stereocenters. The van der Waals surface area contributed by atoms with Gasteiger partial charge in [0.2, 0.25) is 0 Å². The summed E-state index contributed by atoms with van der Waals surface area (Å²) in [5.41, 5.74) is 13.6.